The maximum absolute atomic E-state index is 11.3. The normalized spacial score (nSPS) is 37.1. The SMILES string of the molecule is CC1(C)OCC(C2CCC(O)CC2)N1C(=O)O. The van der Waals surface area contributed by atoms with E-state index in [4.69, 9.17) is 4.74 Å². The quantitative estimate of drug-likeness (QED) is 0.734. The van der Waals surface area contributed by atoms with Crippen LogP contribution in [-0.2, 0) is 4.74 Å². The summed E-state index contributed by atoms with van der Waals surface area (Å²) in [4.78, 5) is 12.8. The fourth-order valence-corrected chi connectivity index (χ4v) is 3.04. The van der Waals surface area contributed by atoms with Crippen molar-refractivity contribution >= 4 is 6.09 Å². The van der Waals surface area contributed by atoms with Gasteiger partial charge < -0.3 is 14.9 Å². The predicted octanol–water partition coefficient (Wildman–Crippen LogP) is 1.65. The number of aliphatic hydroxyl groups is 1. The molecule has 2 aliphatic rings. The highest BCUT2D eigenvalue weighted by Crippen LogP contribution is 2.37. The zero-order valence-corrected chi connectivity index (χ0v) is 10.4. The highest BCUT2D eigenvalue weighted by atomic mass is 16.5. The van der Waals surface area contributed by atoms with Gasteiger partial charge in [-0.15, -0.1) is 0 Å². The summed E-state index contributed by atoms with van der Waals surface area (Å²) >= 11 is 0. The predicted molar refractivity (Wildman–Crippen MR) is 61.6 cm³/mol. The van der Waals surface area contributed by atoms with Crippen LogP contribution in [-0.4, -0.2) is 45.7 Å². The van der Waals surface area contributed by atoms with E-state index in [1.54, 1.807) is 13.8 Å². The third-order valence-electron chi connectivity index (χ3n) is 4.01. The second-order valence-electron chi connectivity index (χ2n) is 5.55. The van der Waals surface area contributed by atoms with E-state index in [0.717, 1.165) is 25.7 Å². The Balaban J connectivity index is 2.08. The van der Waals surface area contributed by atoms with Crippen molar-refractivity contribution in [1.29, 1.82) is 0 Å². The van der Waals surface area contributed by atoms with E-state index >= 15 is 0 Å². The average molecular weight is 243 g/mol. The van der Waals surface area contributed by atoms with Crippen LogP contribution in [0.5, 0.6) is 0 Å². The molecule has 2 N–H and O–H groups in total. The van der Waals surface area contributed by atoms with Crippen LogP contribution >= 0.6 is 0 Å². The minimum Gasteiger partial charge on any atom is -0.465 e. The molecule has 2 rings (SSSR count). The number of rotatable bonds is 1. The van der Waals surface area contributed by atoms with Gasteiger partial charge in [0, 0.05) is 0 Å². The number of hydrogen-bond donors (Lipinski definition) is 2. The van der Waals surface area contributed by atoms with E-state index in [2.05, 4.69) is 0 Å². The van der Waals surface area contributed by atoms with Crippen molar-refractivity contribution in [3.05, 3.63) is 0 Å². The summed E-state index contributed by atoms with van der Waals surface area (Å²) in [6.45, 7) is 4.05. The zero-order chi connectivity index (χ0) is 12.6. The summed E-state index contributed by atoms with van der Waals surface area (Å²) in [5.41, 5.74) is -0.730. The molecule has 1 amide bonds. The monoisotopic (exact) mass is 243 g/mol. The Labute approximate surface area is 101 Å². The number of ether oxygens (including phenoxy) is 1. The molecule has 0 aromatic carbocycles. The minimum absolute atomic E-state index is 0.0602. The molecule has 5 heteroatoms. The summed E-state index contributed by atoms with van der Waals surface area (Å²) in [7, 11) is 0. The van der Waals surface area contributed by atoms with Gasteiger partial charge in [0.05, 0.1) is 18.8 Å². The van der Waals surface area contributed by atoms with Crippen LogP contribution < -0.4 is 0 Å². The second-order valence-corrected chi connectivity index (χ2v) is 5.55. The molecule has 0 aromatic heterocycles. The van der Waals surface area contributed by atoms with Gasteiger partial charge >= 0.3 is 6.09 Å². The maximum atomic E-state index is 11.3. The first kappa shape index (κ1) is 12.6. The lowest BCUT2D eigenvalue weighted by molar-refractivity contribution is -0.0446. The smallest absolute Gasteiger partial charge is 0.409 e. The number of carbonyl (C=O) groups is 1. The first-order valence-corrected chi connectivity index (χ1v) is 6.26. The fraction of sp³-hybridized carbons (Fsp3) is 0.917. The molecule has 98 valence electrons. The lowest BCUT2D eigenvalue weighted by Gasteiger charge is -2.36. The van der Waals surface area contributed by atoms with Crippen molar-refractivity contribution in [2.24, 2.45) is 5.92 Å². The van der Waals surface area contributed by atoms with E-state index < -0.39 is 11.8 Å². The van der Waals surface area contributed by atoms with Crippen molar-refractivity contribution in [1.82, 2.24) is 4.90 Å². The van der Waals surface area contributed by atoms with E-state index in [9.17, 15) is 15.0 Å². The summed E-state index contributed by atoms with van der Waals surface area (Å²) in [5.74, 6) is 0.316. The second kappa shape index (κ2) is 4.46. The van der Waals surface area contributed by atoms with Gasteiger partial charge in [0.25, 0.3) is 0 Å². The Hall–Kier alpha value is -0.810. The third kappa shape index (κ3) is 2.40. The number of amides is 1. The highest BCUT2D eigenvalue weighted by Gasteiger charge is 2.47. The molecular weight excluding hydrogens is 222 g/mol. The highest BCUT2D eigenvalue weighted by molar-refractivity contribution is 5.66. The molecule has 1 aliphatic heterocycles. The summed E-state index contributed by atoms with van der Waals surface area (Å²) in [6.07, 6.45) is 2.19. The van der Waals surface area contributed by atoms with Gasteiger partial charge in [-0.05, 0) is 45.4 Å². The molecule has 0 spiro atoms. The van der Waals surface area contributed by atoms with E-state index in [-0.39, 0.29) is 12.1 Å². The van der Waals surface area contributed by atoms with Crippen LogP contribution in [0.1, 0.15) is 39.5 Å². The molecule has 0 radical (unpaired) electrons. The Morgan fingerprint density at radius 1 is 1.29 bits per heavy atom. The van der Waals surface area contributed by atoms with Crippen molar-refractivity contribution < 1.29 is 19.7 Å². The fourth-order valence-electron chi connectivity index (χ4n) is 3.04. The van der Waals surface area contributed by atoms with Crippen LogP contribution in [0.4, 0.5) is 4.79 Å². The van der Waals surface area contributed by atoms with E-state index in [0.29, 0.717) is 12.5 Å². The molecule has 17 heavy (non-hydrogen) atoms. The molecule has 2 fully saturated rings. The average Bonchev–Trinajstić information content (AvgIpc) is 2.55. The van der Waals surface area contributed by atoms with Crippen molar-refractivity contribution in [2.45, 2.75) is 57.4 Å². The molecule has 0 aromatic rings. The first-order valence-electron chi connectivity index (χ1n) is 6.26. The minimum atomic E-state index is -0.913. The van der Waals surface area contributed by atoms with Gasteiger partial charge in [-0.1, -0.05) is 0 Å². The topological polar surface area (TPSA) is 70.0 Å². The van der Waals surface area contributed by atoms with Gasteiger partial charge in [0.1, 0.15) is 5.72 Å². The Kier molecular flexibility index (Phi) is 3.32. The largest absolute Gasteiger partial charge is 0.465 e. The molecule has 1 atom stereocenters. The van der Waals surface area contributed by atoms with Gasteiger partial charge in [0.2, 0.25) is 0 Å². The maximum Gasteiger partial charge on any atom is 0.409 e. The van der Waals surface area contributed by atoms with Crippen molar-refractivity contribution in [3.63, 3.8) is 0 Å². The molecule has 5 nitrogen and oxygen atoms in total. The van der Waals surface area contributed by atoms with Crippen LogP contribution in [0, 0.1) is 5.92 Å². The summed E-state index contributed by atoms with van der Waals surface area (Å²) in [6, 6.07) is -0.0602. The number of carboxylic acid groups (broad SMARTS) is 1. The molecule has 0 bridgehead atoms. The Morgan fingerprint density at radius 2 is 1.88 bits per heavy atom. The van der Waals surface area contributed by atoms with Crippen molar-refractivity contribution in [3.8, 4) is 0 Å². The third-order valence-corrected chi connectivity index (χ3v) is 4.01. The van der Waals surface area contributed by atoms with Gasteiger partial charge in [0.15, 0.2) is 0 Å². The van der Waals surface area contributed by atoms with Crippen LogP contribution in [0.2, 0.25) is 0 Å². The van der Waals surface area contributed by atoms with Gasteiger partial charge in [-0.2, -0.15) is 0 Å². The summed E-state index contributed by atoms with van der Waals surface area (Å²) in [5, 5.41) is 18.8. The standard InChI is InChI=1S/C12H21NO4/c1-12(2)13(11(15)16)10(7-17-12)8-3-5-9(14)6-4-8/h8-10,14H,3-7H2,1-2H3,(H,15,16). The molecule has 1 aliphatic carbocycles. The van der Waals surface area contributed by atoms with Crippen LogP contribution in [0.3, 0.4) is 0 Å². The Bertz CT molecular complexity index is 297. The van der Waals surface area contributed by atoms with Crippen LogP contribution in [0.25, 0.3) is 0 Å². The zero-order valence-electron chi connectivity index (χ0n) is 10.4. The van der Waals surface area contributed by atoms with Crippen molar-refractivity contribution in [2.75, 3.05) is 6.61 Å². The molecule has 1 heterocycles. The first-order chi connectivity index (χ1) is 7.92. The Morgan fingerprint density at radius 3 is 2.41 bits per heavy atom. The van der Waals surface area contributed by atoms with Crippen LogP contribution in [0.15, 0.2) is 0 Å². The van der Waals surface area contributed by atoms with Gasteiger partial charge in [-0.3, -0.25) is 4.90 Å². The number of nitrogens with zero attached hydrogens (tertiary/aromatic N) is 1. The molecule has 1 saturated heterocycles. The molecule has 1 unspecified atom stereocenters. The van der Waals surface area contributed by atoms with E-state index in [1.165, 1.54) is 4.90 Å². The number of hydrogen-bond acceptors (Lipinski definition) is 3. The molecular formula is C12H21NO4. The van der Waals surface area contributed by atoms with E-state index in [1.807, 2.05) is 0 Å². The lowest BCUT2D eigenvalue weighted by atomic mass is 9.82. The summed E-state index contributed by atoms with van der Waals surface area (Å²) < 4.78 is 5.59. The molecule has 1 saturated carbocycles. The van der Waals surface area contributed by atoms with Gasteiger partial charge in [-0.25, -0.2) is 4.79 Å². The lowest BCUT2D eigenvalue weighted by Crippen LogP contribution is -2.50. The number of aliphatic hydroxyl groups excluding tert-OH is 1.